The summed E-state index contributed by atoms with van der Waals surface area (Å²) in [6.07, 6.45) is 3.61. The third kappa shape index (κ3) is 4.47. The van der Waals surface area contributed by atoms with Gasteiger partial charge in [-0.1, -0.05) is 27.2 Å². The largest absolute Gasteiger partial charge is 0.508 e. The van der Waals surface area contributed by atoms with Gasteiger partial charge in [-0.05, 0) is 54.9 Å². The van der Waals surface area contributed by atoms with E-state index in [0.29, 0.717) is 23.3 Å². The van der Waals surface area contributed by atoms with Crippen LogP contribution in [0.1, 0.15) is 50.4 Å². The molecule has 0 bridgehead atoms. The number of phenolic OH excluding ortho intramolecular Hbond substituents is 1. The lowest BCUT2D eigenvalue weighted by Crippen LogP contribution is -2.35. The average molecular weight is 306 g/mol. The SMILES string of the molecule is CC(C)[C@@H]1CC[C@@H](C)C[C@H]1OCOC(=O)c1ccc(O)cc1. The van der Waals surface area contributed by atoms with Crippen LogP contribution < -0.4 is 0 Å². The first-order valence-corrected chi connectivity index (χ1v) is 8.05. The average Bonchev–Trinajstić information content (AvgIpc) is 2.47. The molecule has 122 valence electrons. The maximum Gasteiger partial charge on any atom is 0.340 e. The van der Waals surface area contributed by atoms with Crippen LogP contribution in [0.4, 0.5) is 0 Å². The van der Waals surface area contributed by atoms with E-state index in [0.717, 1.165) is 6.42 Å². The van der Waals surface area contributed by atoms with Gasteiger partial charge in [0.25, 0.3) is 0 Å². The van der Waals surface area contributed by atoms with E-state index in [4.69, 9.17) is 9.47 Å². The molecular formula is C18H26O4. The number of phenols is 1. The molecule has 0 spiro atoms. The molecule has 22 heavy (non-hydrogen) atoms. The number of hydrogen-bond donors (Lipinski definition) is 1. The third-order valence-corrected chi connectivity index (χ3v) is 4.54. The molecule has 1 aliphatic rings. The van der Waals surface area contributed by atoms with E-state index in [1.807, 2.05) is 0 Å². The molecule has 0 aromatic heterocycles. The van der Waals surface area contributed by atoms with Gasteiger partial charge < -0.3 is 14.6 Å². The number of hydrogen-bond acceptors (Lipinski definition) is 4. The van der Waals surface area contributed by atoms with Crippen LogP contribution in [0, 0.1) is 17.8 Å². The van der Waals surface area contributed by atoms with Crippen molar-refractivity contribution in [3.05, 3.63) is 29.8 Å². The molecule has 1 aliphatic carbocycles. The van der Waals surface area contributed by atoms with Crippen molar-refractivity contribution >= 4 is 5.97 Å². The van der Waals surface area contributed by atoms with Crippen molar-refractivity contribution in [3.63, 3.8) is 0 Å². The van der Waals surface area contributed by atoms with Gasteiger partial charge in [-0.2, -0.15) is 0 Å². The van der Waals surface area contributed by atoms with Crippen molar-refractivity contribution in [1.29, 1.82) is 0 Å². The zero-order valence-corrected chi connectivity index (χ0v) is 13.6. The molecule has 1 saturated carbocycles. The van der Waals surface area contributed by atoms with Gasteiger partial charge in [-0.15, -0.1) is 0 Å². The maximum atomic E-state index is 11.9. The summed E-state index contributed by atoms with van der Waals surface area (Å²) in [6.45, 7) is 6.68. The van der Waals surface area contributed by atoms with Crippen molar-refractivity contribution in [2.75, 3.05) is 6.79 Å². The minimum Gasteiger partial charge on any atom is -0.508 e. The highest BCUT2D eigenvalue weighted by atomic mass is 16.7. The number of rotatable bonds is 5. The normalized spacial score (nSPS) is 25.2. The summed E-state index contributed by atoms with van der Waals surface area (Å²) in [5.74, 6) is 1.47. The Labute approximate surface area is 132 Å². The van der Waals surface area contributed by atoms with Crippen molar-refractivity contribution in [2.45, 2.75) is 46.1 Å². The fourth-order valence-corrected chi connectivity index (χ4v) is 3.16. The Morgan fingerprint density at radius 1 is 1.27 bits per heavy atom. The summed E-state index contributed by atoms with van der Waals surface area (Å²) in [5, 5.41) is 9.21. The number of carbonyl (C=O) groups is 1. The number of esters is 1. The molecule has 0 heterocycles. The minimum atomic E-state index is -0.426. The van der Waals surface area contributed by atoms with E-state index >= 15 is 0 Å². The van der Waals surface area contributed by atoms with E-state index in [1.54, 1.807) is 0 Å². The highest BCUT2D eigenvalue weighted by Crippen LogP contribution is 2.35. The number of aromatic hydroxyl groups is 1. The molecule has 0 saturated heterocycles. The monoisotopic (exact) mass is 306 g/mol. The second kappa shape index (κ2) is 7.63. The number of benzene rings is 1. The Morgan fingerprint density at radius 3 is 2.59 bits per heavy atom. The molecular weight excluding hydrogens is 280 g/mol. The zero-order valence-electron chi connectivity index (χ0n) is 13.6. The van der Waals surface area contributed by atoms with Crippen LogP contribution in [0.2, 0.25) is 0 Å². The summed E-state index contributed by atoms with van der Waals surface area (Å²) in [7, 11) is 0. The van der Waals surface area contributed by atoms with E-state index in [-0.39, 0.29) is 18.6 Å². The lowest BCUT2D eigenvalue weighted by atomic mass is 9.75. The Balaban J connectivity index is 1.83. The second-order valence-electron chi connectivity index (χ2n) is 6.63. The number of ether oxygens (including phenoxy) is 2. The molecule has 3 atom stereocenters. The van der Waals surface area contributed by atoms with Gasteiger partial charge in [0.05, 0.1) is 11.7 Å². The third-order valence-electron chi connectivity index (χ3n) is 4.54. The molecule has 1 aromatic carbocycles. The summed E-state index contributed by atoms with van der Waals surface area (Å²) >= 11 is 0. The van der Waals surface area contributed by atoms with Gasteiger partial charge in [-0.3, -0.25) is 0 Å². The van der Waals surface area contributed by atoms with Gasteiger partial charge in [0.2, 0.25) is 0 Å². The predicted octanol–water partition coefficient (Wildman–Crippen LogP) is 3.98. The van der Waals surface area contributed by atoms with Gasteiger partial charge in [0, 0.05) is 0 Å². The Bertz CT molecular complexity index is 480. The fourth-order valence-electron chi connectivity index (χ4n) is 3.16. The molecule has 2 rings (SSSR count). The summed E-state index contributed by atoms with van der Waals surface area (Å²) < 4.78 is 11.0. The first-order chi connectivity index (χ1) is 10.5. The predicted molar refractivity (Wildman–Crippen MR) is 84.6 cm³/mol. The molecule has 0 aliphatic heterocycles. The van der Waals surface area contributed by atoms with Gasteiger partial charge in [0.15, 0.2) is 6.79 Å². The summed E-state index contributed by atoms with van der Waals surface area (Å²) in [5.41, 5.74) is 0.416. The first-order valence-electron chi connectivity index (χ1n) is 8.05. The highest BCUT2D eigenvalue weighted by Gasteiger charge is 2.31. The van der Waals surface area contributed by atoms with Crippen molar-refractivity contribution < 1.29 is 19.4 Å². The molecule has 0 amide bonds. The molecule has 1 aromatic rings. The van der Waals surface area contributed by atoms with Gasteiger partial charge in [-0.25, -0.2) is 4.79 Å². The van der Waals surface area contributed by atoms with E-state index in [2.05, 4.69) is 20.8 Å². The van der Waals surface area contributed by atoms with Gasteiger partial charge in [0.1, 0.15) is 5.75 Å². The smallest absolute Gasteiger partial charge is 0.340 e. The van der Waals surface area contributed by atoms with Crippen LogP contribution in [-0.4, -0.2) is 24.0 Å². The lowest BCUT2D eigenvalue weighted by molar-refractivity contribution is -0.108. The summed E-state index contributed by atoms with van der Waals surface area (Å²) in [6, 6.07) is 6.01. The van der Waals surface area contributed by atoms with Crippen LogP contribution in [0.25, 0.3) is 0 Å². The molecule has 4 nitrogen and oxygen atoms in total. The molecule has 0 radical (unpaired) electrons. The Hall–Kier alpha value is -1.55. The minimum absolute atomic E-state index is 0.0136. The second-order valence-corrected chi connectivity index (χ2v) is 6.63. The van der Waals surface area contributed by atoms with Crippen LogP contribution in [0.5, 0.6) is 5.75 Å². The quantitative estimate of drug-likeness (QED) is 0.660. The van der Waals surface area contributed by atoms with E-state index < -0.39 is 5.97 Å². The van der Waals surface area contributed by atoms with Gasteiger partial charge >= 0.3 is 5.97 Å². The van der Waals surface area contributed by atoms with Crippen LogP contribution in [0.3, 0.4) is 0 Å². The fraction of sp³-hybridized carbons (Fsp3) is 0.611. The standard InChI is InChI=1S/C18H26O4/c1-12(2)16-9-4-13(3)10-17(16)21-11-22-18(20)14-5-7-15(19)8-6-14/h5-8,12-13,16-17,19H,4,9-11H2,1-3H3/t13-,16+,17-/m1/s1. The zero-order chi connectivity index (χ0) is 16.1. The molecule has 1 fully saturated rings. The number of carbonyl (C=O) groups excluding carboxylic acids is 1. The first kappa shape index (κ1) is 16.8. The Morgan fingerprint density at radius 2 is 1.95 bits per heavy atom. The Kier molecular flexibility index (Phi) is 5.83. The van der Waals surface area contributed by atoms with E-state index in [1.165, 1.54) is 37.1 Å². The lowest BCUT2D eigenvalue weighted by Gasteiger charge is -2.36. The van der Waals surface area contributed by atoms with Crippen LogP contribution >= 0.6 is 0 Å². The maximum absolute atomic E-state index is 11.9. The van der Waals surface area contributed by atoms with Crippen LogP contribution in [0.15, 0.2) is 24.3 Å². The molecule has 4 heteroatoms. The molecule has 1 N–H and O–H groups in total. The topological polar surface area (TPSA) is 55.8 Å². The van der Waals surface area contributed by atoms with Crippen molar-refractivity contribution in [1.82, 2.24) is 0 Å². The van der Waals surface area contributed by atoms with Crippen LogP contribution in [-0.2, 0) is 9.47 Å². The van der Waals surface area contributed by atoms with Crippen molar-refractivity contribution in [2.24, 2.45) is 17.8 Å². The summed E-state index contributed by atoms with van der Waals surface area (Å²) in [4.78, 5) is 11.9. The molecule has 0 unspecified atom stereocenters. The van der Waals surface area contributed by atoms with E-state index in [9.17, 15) is 9.90 Å². The highest BCUT2D eigenvalue weighted by molar-refractivity contribution is 5.89. The van der Waals surface area contributed by atoms with Crippen molar-refractivity contribution in [3.8, 4) is 5.75 Å².